The lowest BCUT2D eigenvalue weighted by molar-refractivity contribution is -0.119. The van der Waals surface area contributed by atoms with Crippen LogP contribution in [0.15, 0.2) is 9.59 Å². The molecule has 0 aromatic carbocycles. The number of amides is 1. The standard InChI is InChI=1S/C10H17N5O4/c1-15-8(11)7(9(17)14-10(15)18)13-5-6(16)12-3-4-19-2/h13H,3-5,11H2,1-2H3,(H,12,16)(H,14,17,18). The van der Waals surface area contributed by atoms with Gasteiger partial charge in [-0.2, -0.15) is 0 Å². The lowest BCUT2D eigenvalue weighted by atomic mass is 10.4. The number of nitrogen functional groups attached to an aromatic ring is 1. The Balaban J connectivity index is 2.69. The zero-order valence-corrected chi connectivity index (χ0v) is 10.8. The molecule has 1 aromatic rings. The monoisotopic (exact) mass is 271 g/mol. The van der Waals surface area contributed by atoms with E-state index < -0.39 is 11.2 Å². The van der Waals surface area contributed by atoms with Crippen molar-refractivity contribution in [1.29, 1.82) is 0 Å². The van der Waals surface area contributed by atoms with Crippen molar-refractivity contribution in [3.05, 3.63) is 20.8 Å². The lowest BCUT2D eigenvalue weighted by Gasteiger charge is -2.10. The summed E-state index contributed by atoms with van der Waals surface area (Å²) < 4.78 is 5.85. The second-order valence-corrected chi connectivity index (χ2v) is 3.77. The minimum absolute atomic E-state index is 0.0102. The molecule has 0 saturated carbocycles. The number of anilines is 2. The average Bonchev–Trinajstić information content (AvgIpc) is 2.36. The number of hydrogen-bond donors (Lipinski definition) is 4. The summed E-state index contributed by atoms with van der Waals surface area (Å²) in [5.41, 5.74) is 4.34. The van der Waals surface area contributed by atoms with Gasteiger partial charge in [-0.05, 0) is 0 Å². The average molecular weight is 271 g/mol. The van der Waals surface area contributed by atoms with Gasteiger partial charge in [-0.15, -0.1) is 0 Å². The molecule has 0 bridgehead atoms. The third kappa shape index (κ3) is 3.85. The number of aromatic nitrogens is 2. The van der Waals surface area contributed by atoms with Crippen LogP contribution in [0.2, 0.25) is 0 Å². The first-order valence-electron chi connectivity index (χ1n) is 5.55. The maximum Gasteiger partial charge on any atom is 0.329 e. The largest absolute Gasteiger partial charge is 0.383 e. The summed E-state index contributed by atoms with van der Waals surface area (Å²) in [4.78, 5) is 36.3. The molecule has 19 heavy (non-hydrogen) atoms. The van der Waals surface area contributed by atoms with E-state index in [4.69, 9.17) is 10.5 Å². The summed E-state index contributed by atoms with van der Waals surface area (Å²) in [6.45, 7) is 0.639. The Bertz CT molecular complexity index is 562. The number of H-pyrrole nitrogens is 1. The second-order valence-electron chi connectivity index (χ2n) is 3.77. The van der Waals surface area contributed by atoms with Crippen LogP contribution in [0, 0.1) is 0 Å². The van der Waals surface area contributed by atoms with E-state index in [0.29, 0.717) is 13.2 Å². The van der Waals surface area contributed by atoms with Gasteiger partial charge < -0.3 is 21.1 Å². The van der Waals surface area contributed by atoms with E-state index in [0.717, 1.165) is 4.57 Å². The minimum Gasteiger partial charge on any atom is -0.383 e. The fourth-order valence-corrected chi connectivity index (χ4v) is 1.33. The first-order valence-corrected chi connectivity index (χ1v) is 5.55. The molecule has 0 atom stereocenters. The molecule has 9 nitrogen and oxygen atoms in total. The zero-order valence-electron chi connectivity index (χ0n) is 10.8. The molecular formula is C10H17N5O4. The SMILES string of the molecule is COCCNC(=O)CNc1c(N)n(C)c(=O)[nH]c1=O. The molecular weight excluding hydrogens is 254 g/mol. The van der Waals surface area contributed by atoms with Crippen LogP contribution in [-0.2, 0) is 16.6 Å². The Morgan fingerprint density at radius 3 is 2.79 bits per heavy atom. The molecule has 1 amide bonds. The summed E-state index contributed by atoms with van der Waals surface area (Å²) in [6, 6.07) is 0. The predicted octanol–water partition coefficient (Wildman–Crippen LogP) is -2.17. The zero-order chi connectivity index (χ0) is 14.4. The highest BCUT2D eigenvalue weighted by atomic mass is 16.5. The van der Waals surface area contributed by atoms with Crippen LogP contribution < -0.4 is 27.6 Å². The highest BCUT2D eigenvalue weighted by molar-refractivity contribution is 5.81. The minimum atomic E-state index is -0.662. The first-order chi connectivity index (χ1) is 8.97. The van der Waals surface area contributed by atoms with Crippen LogP contribution in [-0.4, -0.2) is 42.3 Å². The van der Waals surface area contributed by atoms with Crippen molar-refractivity contribution in [3.8, 4) is 0 Å². The molecule has 0 unspecified atom stereocenters. The Morgan fingerprint density at radius 2 is 2.16 bits per heavy atom. The number of nitrogens with one attached hydrogen (secondary N) is 3. The predicted molar refractivity (Wildman–Crippen MR) is 70.1 cm³/mol. The topological polar surface area (TPSA) is 131 Å². The van der Waals surface area contributed by atoms with E-state index in [1.165, 1.54) is 14.2 Å². The van der Waals surface area contributed by atoms with Gasteiger partial charge in [0.25, 0.3) is 5.56 Å². The van der Waals surface area contributed by atoms with Crippen LogP contribution in [0.1, 0.15) is 0 Å². The van der Waals surface area contributed by atoms with Crippen LogP contribution in [0.5, 0.6) is 0 Å². The van der Waals surface area contributed by atoms with Gasteiger partial charge in [0.1, 0.15) is 11.5 Å². The Hall–Kier alpha value is -2.29. The number of rotatable bonds is 6. The molecule has 1 aromatic heterocycles. The van der Waals surface area contributed by atoms with Crippen molar-refractivity contribution < 1.29 is 9.53 Å². The van der Waals surface area contributed by atoms with Gasteiger partial charge in [0.2, 0.25) is 5.91 Å². The van der Waals surface area contributed by atoms with Crippen LogP contribution >= 0.6 is 0 Å². The number of ether oxygens (including phenoxy) is 1. The Kier molecular flexibility index (Phi) is 5.12. The van der Waals surface area contributed by atoms with Crippen molar-refractivity contribution in [2.75, 3.05) is 37.9 Å². The smallest absolute Gasteiger partial charge is 0.329 e. The number of carbonyl (C=O) groups is 1. The van der Waals surface area contributed by atoms with Gasteiger partial charge >= 0.3 is 5.69 Å². The summed E-state index contributed by atoms with van der Waals surface area (Å²) in [5, 5.41) is 5.17. The number of carbonyl (C=O) groups excluding carboxylic acids is 1. The van der Waals surface area contributed by atoms with Crippen molar-refractivity contribution in [1.82, 2.24) is 14.9 Å². The normalized spacial score (nSPS) is 10.2. The molecule has 1 heterocycles. The molecule has 0 aliphatic rings. The molecule has 9 heteroatoms. The number of hydrogen-bond acceptors (Lipinski definition) is 6. The summed E-state index contributed by atoms with van der Waals surface area (Å²) in [6.07, 6.45) is 0. The number of nitrogens with two attached hydrogens (primary N) is 1. The summed E-state index contributed by atoms with van der Waals surface area (Å²) in [5.74, 6) is -0.344. The highest BCUT2D eigenvalue weighted by Crippen LogP contribution is 2.07. The molecule has 5 N–H and O–H groups in total. The fourth-order valence-electron chi connectivity index (χ4n) is 1.33. The molecule has 0 fully saturated rings. The van der Waals surface area contributed by atoms with Crippen LogP contribution in [0.25, 0.3) is 0 Å². The molecule has 0 aliphatic carbocycles. The van der Waals surface area contributed by atoms with E-state index in [-0.39, 0.29) is 24.0 Å². The molecule has 0 spiro atoms. The van der Waals surface area contributed by atoms with E-state index >= 15 is 0 Å². The first kappa shape index (κ1) is 14.8. The third-order valence-corrected chi connectivity index (χ3v) is 2.42. The quantitative estimate of drug-likeness (QED) is 0.435. The Morgan fingerprint density at radius 1 is 1.47 bits per heavy atom. The van der Waals surface area contributed by atoms with Crippen LogP contribution in [0.3, 0.4) is 0 Å². The van der Waals surface area contributed by atoms with Crippen molar-refractivity contribution >= 4 is 17.4 Å². The molecule has 0 saturated heterocycles. The van der Waals surface area contributed by atoms with E-state index in [9.17, 15) is 14.4 Å². The number of aromatic amines is 1. The van der Waals surface area contributed by atoms with Crippen molar-refractivity contribution in [2.45, 2.75) is 0 Å². The van der Waals surface area contributed by atoms with Crippen molar-refractivity contribution in [3.63, 3.8) is 0 Å². The van der Waals surface area contributed by atoms with E-state index in [1.807, 2.05) is 0 Å². The van der Waals surface area contributed by atoms with E-state index in [2.05, 4.69) is 15.6 Å². The Labute approximate surface area is 108 Å². The van der Waals surface area contributed by atoms with Gasteiger partial charge in [0.15, 0.2) is 0 Å². The highest BCUT2D eigenvalue weighted by Gasteiger charge is 2.10. The van der Waals surface area contributed by atoms with Crippen LogP contribution in [0.4, 0.5) is 11.5 Å². The van der Waals surface area contributed by atoms with Gasteiger partial charge in [-0.1, -0.05) is 0 Å². The molecule has 0 radical (unpaired) electrons. The van der Waals surface area contributed by atoms with Gasteiger partial charge in [0.05, 0.1) is 13.2 Å². The van der Waals surface area contributed by atoms with Gasteiger partial charge in [-0.3, -0.25) is 19.1 Å². The summed E-state index contributed by atoms with van der Waals surface area (Å²) in [7, 11) is 2.94. The van der Waals surface area contributed by atoms with Crippen molar-refractivity contribution in [2.24, 2.45) is 7.05 Å². The van der Waals surface area contributed by atoms with Gasteiger partial charge in [0, 0.05) is 20.7 Å². The maximum atomic E-state index is 11.5. The molecule has 106 valence electrons. The molecule has 1 rings (SSSR count). The summed E-state index contributed by atoms with van der Waals surface area (Å²) >= 11 is 0. The maximum absolute atomic E-state index is 11.5. The van der Waals surface area contributed by atoms with E-state index in [1.54, 1.807) is 0 Å². The number of nitrogens with zero attached hydrogens (tertiary/aromatic N) is 1. The second kappa shape index (κ2) is 6.59. The number of methoxy groups -OCH3 is 1. The molecule has 0 aliphatic heterocycles. The third-order valence-electron chi connectivity index (χ3n) is 2.42. The lowest BCUT2D eigenvalue weighted by Crippen LogP contribution is -2.36. The van der Waals surface area contributed by atoms with Gasteiger partial charge in [-0.25, -0.2) is 4.79 Å². The fraction of sp³-hybridized carbons (Fsp3) is 0.500.